The SMILES string of the molecule is C=Cc1ccc(N(c2ccc(-c3ccccc3)cc2)c2cc3ccc(-c4ccc5cc(N(c6ccc(C=C)cc6)c6ccc(-c7ccccc7)cc6)sc5c4)cc3s2)cc1. The summed E-state index contributed by atoms with van der Waals surface area (Å²) in [6, 6.07) is 74.4. The number of hydrogen-bond donors (Lipinski definition) is 0. The lowest BCUT2D eigenvalue weighted by Gasteiger charge is -2.24. The van der Waals surface area contributed by atoms with E-state index in [1.165, 1.54) is 53.6 Å². The van der Waals surface area contributed by atoms with Gasteiger partial charge in [0.25, 0.3) is 0 Å². The molecule has 2 heterocycles. The molecule has 4 heteroatoms. The Labute approximate surface area is 359 Å². The number of benzene rings is 8. The van der Waals surface area contributed by atoms with Gasteiger partial charge in [-0.05, 0) is 128 Å². The molecule has 0 aliphatic carbocycles. The average molecular weight is 805 g/mol. The number of anilines is 6. The van der Waals surface area contributed by atoms with Gasteiger partial charge in [-0.25, -0.2) is 0 Å². The Kier molecular flexibility index (Phi) is 10.00. The van der Waals surface area contributed by atoms with Gasteiger partial charge in [-0.1, -0.05) is 159 Å². The molecule has 2 nitrogen and oxygen atoms in total. The van der Waals surface area contributed by atoms with Crippen LogP contribution in [0.15, 0.2) is 219 Å². The van der Waals surface area contributed by atoms with Crippen LogP contribution in [-0.2, 0) is 0 Å². The molecular formula is C56H40N2S2. The Bertz CT molecular complexity index is 2870. The first-order valence-corrected chi connectivity index (χ1v) is 21.7. The summed E-state index contributed by atoms with van der Waals surface area (Å²) in [6.45, 7) is 7.95. The fraction of sp³-hybridized carbons (Fsp3) is 0. The van der Waals surface area contributed by atoms with Crippen molar-refractivity contribution in [2.75, 3.05) is 9.80 Å². The van der Waals surface area contributed by atoms with Crippen molar-refractivity contribution in [1.29, 1.82) is 0 Å². The molecule has 0 unspecified atom stereocenters. The minimum absolute atomic E-state index is 1.10. The third-order valence-electron chi connectivity index (χ3n) is 11.0. The van der Waals surface area contributed by atoms with Crippen molar-refractivity contribution < 1.29 is 0 Å². The fourth-order valence-corrected chi connectivity index (χ4v) is 10.1. The first kappa shape index (κ1) is 37.1. The van der Waals surface area contributed by atoms with Gasteiger partial charge in [-0.3, -0.25) is 0 Å². The summed E-state index contributed by atoms with van der Waals surface area (Å²) in [5.41, 5.74) is 13.9. The second kappa shape index (κ2) is 16.2. The first-order chi connectivity index (χ1) is 29.6. The van der Waals surface area contributed by atoms with E-state index in [0.717, 1.165) is 43.9 Å². The topological polar surface area (TPSA) is 6.48 Å². The molecule has 0 fully saturated rings. The Morgan fingerprint density at radius 2 is 0.633 bits per heavy atom. The zero-order valence-electron chi connectivity index (χ0n) is 32.9. The summed E-state index contributed by atoms with van der Waals surface area (Å²) in [5.74, 6) is 0. The lowest BCUT2D eigenvalue weighted by Crippen LogP contribution is -2.08. The highest BCUT2D eigenvalue weighted by molar-refractivity contribution is 7.23. The smallest absolute Gasteiger partial charge is 0.101 e. The molecular weight excluding hydrogens is 765 g/mol. The number of hydrogen-bond acceptors (Lipinski definition) is 4. The molecule has 0 atom stereocenters. The largest absolute Gasteiger partial charge is 0.302 e. The van der Waals surface area contributed by atoms with E-state index in [2.05, 4.69) is 229 Å². The van der Waals surface area contributed by atoms with Gasteiger partial charge < -0.3 is 9.80 Å². The summed E-state index contributed by atoms with van der Waals surface area (Å²) in [6.07, 6.45) is 3.78. The molecule has 0 radical (unpaired) electrons. The van der Waals surface area contributed by atoms with Gasteiger partial charge in [0, 0.05) is 32.1 Å². The van der Waals surface area contributed by atoms with Crippen molar-refractivity contribution in [3.63, 3.8) is 0 Å². The maximum atomic E-state index is 3.97. The summed E-state index contributed by atoms with van der Waals surface area (Å²) >= 11 is 3.64. The van der Waals surface area contributed by atoms with Gasteiger partial charge in [0.2, 0.25) is 0 Å². The van der Waals surface area contributed by atoms with Crippen molar-refractivity contribution in [3.8, 4) is 33.4 Å². The van der Waals surface area contributed by atoms with Crippen LogP contribution in [0.3, 0.4) is 0 Å². The minimum atomic E-state index is 1.10. The van der Waals surface area contributed by atoms with Crippen LogP contribution in [0.1, 0.15) is 11.1 Å². The van der Waals surface area contributed by atoms with Crippen LogP contribution >= 0.6 is 22.7 Å². The van der Waals surface area contributed by atoms with Crippen LogP contribution < -0.4 is 9.80 Å². The number of thiophene rings is 2. The lowest BCUT2D eigenvalue weighted by atomic mass is 10.0. The highest BCUT2D eigenvalue weighted by Crippen LogP contribution is 2.45. The molecule has 0 aliphatic heterocycles. The Hall–Kier alpha value is -7.24. The van der Waals surface area contributed by atoms with Gasteiger partial charge in [0.05, 0.1) is 0 Å². The molecule has 0 bridgehead atoms. The predicted molar refractivity (Wildman–Crippen MR) is 263 cm³/mol. The molecule has 8 aromatic carbocycles. The minimum Gasteiger partial charge on any atom is -0.302 e. The normalized spacial score (nSPS) is 11.1. The van der Waals surface area contributed by atoms with E-state index in [0.29, 0.717) is 0 Å². The van der Waals surface area contributed by atoms with E-state index in [4.69, 9.17) is 0 Å². The van der Waals surface area contributed by atoms with Gasteiger partial charge in [0.15, 0.2) is 0 Å². The summed E-state index contributed by atoms with van der Waals surface area (Å²) in [7, 11) is 0. The van der Waals surface area contributed by atoms with Crippen LogP contribution in [0.4, 0.5) is 32.8 Å². The molecule has 0 saturated heterocycles. The molecule has 10 aromatic rings. The van der Waals surface area contributed by atoms with Crippen molar-refractivity contribution >= 4 is 87.7 Å². The van der Waals surface area contributed by atoms with Crippen molar-refractivity contribution in [3.05, 3.63) is 231 Å². The average Bonchev–Trinajstić information content (AvgIpc) is 3.94. The van der Waals surface area contributed by atoms with Crippen molar-refractivity contribution in [2.45, 2.75) is 0 Å². The molecule has 2 aromatic heterocycles. The van der Waals surface area contributed by atoms with Crippen LogP contribution in [0.5, 0.6) is 0 Å². The monoisotopic (exact) mass is 804 g/mol. The molecule has 60 heavy (non-hydrogen) atoms. The van der Waals surface area contributed by atoms with Crippen LogP contribution in [-0.4, -0.2) is 0 Å². The summed E-state index contributed by atoms with van der Waals surface area (Å²) in [4.78, 5) is 4.72. The predicted octanol–water partition coefficient (Wildman–Crippen LogP) is 17.3. The Morgan fingerprint density at radius 3 is 0.983 bits per heavy atom. The highest BCUT2D eigenvalue weighted by atomic mass is 32.1. The number of fused-ring (bicyclic) bond motifs is 2. The van der Waals surface area contributed by atoms with E-state index >= 15 is 0 Å². The maximum absolute atomic E-state index is 3.97. The van der Waals surface area contributed by atoms with E-state index < -0.39 is 0 Å². The molecule has 0 saturated carbocycles. The van der Waals surface area contributed by atoms with E-state index in [9.17, 15) is 0 Å². The zero-order chi connectivity index (χ0) is 40.4. The van der Waals surface area contributed by atoms with Crippen LogP contribution in [0.2, 0.25) is 0 Å². The van der Waals surface area contributed by atoms with Gasteiger partial charge >= 0.3 is 0 Å². The third-order valence-corrected chi connectivity index (χ3v) is 13.2. The molecule has 0 spiro atoms. The van der Waals surface area contributed by atoms with Crippen LogP contribution in [0, 0.1) is 0 Å². The van der Waals surface area contributed by atoms with Gasteiger partial charge in [-0.2, -0.15) is 0 Å². The van der Waals surface area contributed by atoms with Gasteiger partial charge in [-0.15, -0.1) is 22.7 Å². The molecule has 10 rings (SSSR count). The third kappa shape index (κ3) is 7.35. The lowest BCUT2D eigenvalue weighted by molar-refractivity contribution is 1.32. The van der Waals surface area contributed by atoms with E-state index in [-0.39, 0.29) is 0 Å². The first-order valence-electron chi connectivity index (χ1n) is 20.0. The van der Waals surface area contributed by atoms with Crippen molar-refractivity contribution in [1.82, 2.24) is 0 Å². The fourth-order valence-electron chi connectivity index (χ4n) is 7.81. The standard InChI is InChI=1S/C56H40N2S2/c1-3-39-15-27-49(28-16-39)57(51-31-23-43(24-32-51)41-11-7-5-8-12-41)55-37-47-21-19-45(35-53(47)59-55)46-20-22-48-38-56(60-54(48)36-46)58(50-29-17-40(4-2)18-30-50)52-33-25-44(26-34-52)42-13-9-6-10-14-42/h3-38H,1-2H2. The highest BCUT2D eigenvalue weighted by Gasteiger charge is 2.19. The van der Waals surface area contributed by atoms with E-state index in [1.54, 1.807) is 0 Å². The maximum Gasteiger partial charge on any atom is 0.101 e. The van der Waals surface area contributed by atoms with Crippen LogP contribution in [0.25, 0.3) is 65.7 Å². The number of rotatable bonds is 11. The molecule has 0 aliphatic rings. The molecule has 0 amide bonds. The summed E-state index contributed by atoms with van der Waals surface area (Å²) in [5, 5.41) is 4.78. The van der Waals surface area contributed by atoms with E-state index in [1.807, 2.05) is 34.8 Å². The van der Waals surface area contributed by atoms with Gasteiger partial charge in [0.1, 0.15) is 10.0 Å². The molecule has 286 valence electrons. The summed E-state index contributed by atoms with van der Waals surface area (Å²) < 4.78 is 2.49. The molecule has 0 N–H and O–H groups in total. The Morgan fingerprint density at radius 1 is 0.317 bits per heavy atom. The van der Waals surface area contributed by atoms with Crippen molar-refractivity contribution in [2.24, 2.45) is 0 Å². The second-order valence-electron chi connectivity index (χ2n) is 14.8. The quantitative estimate of drug-likeness (QED) is 0.128. The zero-order valence-corrected chi connectivity index (χ0v) is 34.5. The Balaban J connectivity index is 0.991. The second-order valence-corrected chi connectivity index (χ2v) is 16.9. The number of nitrogens with zero attached hydrogens (tertiary/aromatic N) is 2.